The van der Waals surface area contributed by atoms with Crippen LogP contribution in [0, 0.1) is 10.5 Å². The van der Waals surface area contributed by atoms with Crippen molar-refractivity contribution in [2.24, 2.45) is 0 Å². The van der Waals surface area contributed by atoms with E-state index in [1.165, 1.54) is 0 Å². The largest absolute Gasteiger partial charge is 0.478 e. The first kappa shape index (κ1) is 10.2. The molecule has 3 heteroatoms. The lowest BCUT2D eigenvalue weighted by Crippen LogP contribution is -1.88. The average molecular weight is 288 g/mol. The molecule has 2 nitrogen and oxygen atoms in total. The molecule has 0 fully saturated rings. The lowest BCUT2D eigenvalue weighted by atomic mass is 10.1. The summed E-state index contributed by atoms with van der Waals surface area (Å²) in [6.07, 6.45) is 2.76. The summed E-state index contributed by atoms with van der Waals surface area (Å²) in [5, 5.41) is 8.45. The molecule has 1 aromatic carbocycles. The number of hydrogen-bond acceptors (Lipinski definition) is 1. The molecule has 0 radical (unpaired) electrons. The van der Waals surface area contributed by atoms with Crippen LogP contribution in [-0.2, 0) is 4.79 Å². The lowest BCUT2D eigenvalue weighted by molar-refractivity contribution is -0.131. The molecule has 1 aromatic rings. The second kappa shape index (κ2) is 4.41. The molecule has 13 heavy (non-hydrogen) atoms. The van der Waals surface area contributed by atoms with Crippen molar-refractivity contribution in [1.29, 1.82) is 0 Å². The molecule has 0 aliphatic heterocycles. The minimum absolute atomic E-state index is 0.919. The van der Waals surface area contributed by atoms with Gasteiger partial charge in [0.1, 0.15) is 0 Å². The zero-order valence-electron chi connectivity index (χ0n) is 7.12. The summed E-state index contributed by atoms with van der Waals surface area (Å²) < 4.78 is 1.10. The van der Waals surface area contributed by atoms with Gasteiger partial charge in [-0.1, -0.05) is 18.2 Å². The van der Waals surface area contributed by atoms with Crippen LogP contribution < -0.4 is 0 Å². The summed E-state index contributed by atoms with van der Waals surface area (Å²) in [5.74, 6) is -0.919. The first-order valence-electron chi connectivity index (χ1n) is 3.77. The van der Waals surface area contributed by atoms with E-state index >= 15 is 0 Å². The van der Waals surface area contributed by atoms with Crippen molar-refractivity contribution in [3.63, 3.8) is 0 Å². The second-order valence-electron chi connectivity index (χ2n) is 2.65. The zero-order valence-corrected chi connectivity index (χ0v) is 9.28. The fourth-order valence-corrected chi connectivity index (χ4v) is 1.50. The summed E-state index contributed by atoms with van der Waals surface area (Å²) in [6.45, 7) is 2.00. The Labute approximate surface area is 90.4 Å². The molecule has 0 unspecified atom stereocenters. The third-order valence-electron chi connectivity index (χ3n) is 1.63. The average Bonchev–Trinajstić information content (AvgIpc) is 2.07. The van der Waals surface area contributed by atoms with E-state index in [4.69, 9.17) is 5.11 Å². The Morgan fingerprint density at radius 3 is 2.85 bits per heavy atom. The highest BCUT2D eigenvalue weighted by molar-refractivity contribution is 14.1. The number of aryl methyl sites for hydroxylation is 1. The van der Waals surface area contributed by atoms with E-state index in [0.29, 0.717) is 0 Å². The van der Waals surface area contributed by atoms with Crippen molar-refractivity contribution in [2.45, 2.75) is 6.92 Å². The van der Waals surface area contributed by atoms with Gasteiger partial charge in [-0.05, 0) is 46.7 Å². The smallest absolute Gasteiger partial charge is 0.328 e. The van der Waals surface area contributed by atoms with Gasteiger partial charge in [-0.15, -0.1) is 0 Å². The van der Waals surface area contributed by atoms with Crippen LogP contribution >= 0.6 is 22.6 Å². The van der Waals surface area contributed by atoms with E-state index in [1.54, 1.807) is 6.08 Å². The van der Waals surface area contributed by atoms with Gasteiger partial charge in [0.05, 0.1) is 0 Å². The molecule has 0 aliphatic rings. The Bertz CT molecular complexity index is 356. The fraction of sp³-hybridized carbons (Fsp3) is 0.100. The van der Waals surface area contributed by atoms with Gasteiger partial charge < -0.3 is 5.11 Å². The highest BCUT2D eigenvalue weighted by Gasteiger charge is 1.98. The van der Waals surface area contributed by atoms with Crippen molar-refractivity contribution in [2.75, 3.05) is 0 Å². The van der Waals surface area contributed by atoms with Crippen molar-refractivity contribution >= 4 is 34.6 Å². The maximum absolute atomic E-state index is 10.3. The van der Waals surface area contributed by atoms with Crippen molar-refractivity contribution in [3.8, 4) is 0 Å². The number of carboxylic acids is 1. The summed E-state index contributed by atoms with van der Waals surface area (Å²) in [4.78, 5) is 10.3. The zero-order chi connectivity index (χ0) is 9.84. The fourth-order valence-electron chi connectivity index (χ4n) is 0.960. The van der Waals surface area contributed by atoms with Crippen LogP contribution in [0.15, 0.2) is 24.3 Å². The van der Waals surface area contributed by atoms with Crippen LogP contribution in [0.2, 0.25) is 0 Å². The molecule has 0 bridgehead atoms. The number of aliphatic carboxylic acids is 1. The van der Waals surface area contributed by atoms with Crippen LogP contribution in [-0.4, -0.2) is 11.1 Å². The quantitative estimate of drug-likeness (QED) is 0.671. The molecule has 0 saturated heterocycles. The SMILES string of the molecule is Cc1cccc(/C=C/C(=O)O)c1I. The van der Waals surface area contributed by atoms with Crippen LogP contribution in [0.25, 0.3) is 6.08 Å². The molecule has 0 atom stereocenters. The Hall–Kier alpha value is -0.840. The van der Waals surface area contributed by atoms with Gasteiger partial charge in [-0.25, -0.2) is 4.79 Å². The Balaban J connectivity index is 3.02. The van der Waals surface area contributed by atoms with E-state index in [1.807, 2.05) is 25.1 Å². The normalized spacial score (nSPS) is 10.6. The van der Waals surface area contributed by atoms with E-state index in [9.17, 15) is 4.79 Å². The molecular weight excluding hydrogens is 279 g/mol. The van der Waals surface area contributed by atoms with E-state index in [-0.39, 0.29) is 0 Å². The highest BCUT2D eigenvalue weighted by Crippen LogP contribution is 2.17. The topological polar surface area (TPSA) is 37.3 Å². The summed E-state index contributed by atoms with van der Waals surface area (Å²) in [5.41, 5.74) is 2.11. The molecule has 1 rings (SSSR count). The molecule has 68 valence electrons. The predicted molar refractivity (Wildman–Crippen MR) is 60.6 cm³/mol. The monoisotopic (exact) mass is 288 g/mol. The maximum Gasteiger partial charge on any atom is 0.328 e. The Morgan fingerprint density at radius 2 is 2.23 bits per heavy atom. The van der Waals surface area contributed by atoms with Gasteiger partial charge in [0, 0.05) is 9.65 Å². The van der Waals surface area contributed by atoms with E-state index < -0.39 is 5.97 Å². The second-order valence-corrected chi connectivity index (χ2v) is 3.73. The standard InChI is InChI=1S/C10H9IO2/c1-7-3-2-4-8(10(7)11)5-6-9(12)13/h2-6H,1H3,(H,12,13)/b6-5+. The lowest BCUT2D eigenvalue weighted by Gasteiger charge is -2.00. The molecule has 0 saturated carbocycles. The molecule has 0 aromatic heterocycles. The van der Waals surface area contributed by atoms with Gasteiger partial charge >= 0.3 is 5.97 Å². The molecule has 0 aliphatic carbocycles. The third-order valence-corrected chi connectivity index (χ3v) is 3.10. The van der Waals surface area contributed by atoms with Gasteiger partial charge in [0.2, 0.25) is 0 Å². The van der Waals surface area contributed by atoms with Crippen molar-refractivity contribution in [1.82, 2.24) is 0 Å². The maximum atomic E-state index is 10.3. The van der Waals surface area contributed by atoms with Crippen molar-refractivity contribution in [3.05, 3.63) is 39.0 Å². The summed E-state index contributed by atoms with van der Waals surface area (Å²) in [7, 11) is 0. The molecule has 0 amide bonds. The summed E-state index contributed by atoms with van der Waals surface area (Å²) in [6, 6.07) is 5.81. The minimum Gasteiger partial charge on any atom is -0.478 e. The van der Waals surface area contributed by atoms with Crippen LogP contribution in [0.5, 0.6) is 0 Å². The van der Waals surface area contributed by atoms with Crippen molar-refractivity contribution < 1.29 is 9.90 Å². The first-order valence-corrected chi connectivity index (χ1v) is 4.85. The van der Waals surface area contributed by atoms with Crippen LogP contribution in [0.1, 0.15) is 11.1 Å². The molecular formula is C10H9IO2. The number of halogens is 1. The first-order chi connectivity index (χ1) is 6.11. The Morgan fingerprint density at radius 1 is 1.54 bits per heavy atom. The predicted octanol–water partition coefficient (Wildman–Crippen LogP) is 2.70. The van der Waals surface area contributed by atoms with E-state index in [2.05, 4.69) is 22.6 Å². The van der Waals surface area contributed by atoms with Gasteiger partial charge in [-0.3, -0.25) is 0 Å². The highest BCUT2D eigenvalue weighted by atomic mass is 127. The number of hydrogen-bond donors (Lipinski definition) is 1. The van der Waals surface area contributed by atoms with Gasteiger partial charge in [-0.2, -0.15) is 0 Å². The Kier molecular flexibility index (Phi) is 3.48. The number of benzene rings is 1. The molecule has 1 N–H and O–H groups in total. The molecule has 0 spiro atoms. The van der Waals surface area contributed by atoms with Crippen LogP contribution in [0.4, 0.5) is 0 Å². The molecule has 0 heterocycles. The number of carbonyl (C=O) groups is 1. The third kappa shape index (κ3) is 2.84. The van der Waals surface area contributed by atoms with Gasteiger partial charge in [0.15, 0.2) is 0 Å². The minimum atomic E-state index is -0.919. The van der Waals surface area contributed by atoms with E-state index in [0.717, 1.165) is 20.8 Å². The number of rotatable bonds is 2. The van der Waals surface area contributed by atoms with Gasteiger partial charge in [0.25, 0.3) is 0 Å². The summed E-state index contributed by atoms with van der Waals surface area (Å²) >= 11 is 2.21. The number of carboxylic acid groups (broad SMARTS) is 1. The van der Waals surface area contributed by atoms with Crippen LogP contribution in [0.3, 0.4) is 0 Å².